The highest BCUT2D eigenvalue weighted by Gasteiger charge is 2.18. The van der Waals surface area contributed by atoms with Crippen LogP contribution in [0.2, 0.25) is 10.0 Å². The zero-order valence-electron chi connectivity index (χ0n) is 11.8. The van der Waals surface area contributed by atoms with Crippen LogP contribution in [0.5, 0.6) is 0 Å². The van der Waals surface area contributed by atoms with Crippen molar-refractivity contribution in [2.75, 3.05) is 6.54 Å². The van der Waals surface area contributed by atoms with Crippen LogP contribution in [0.3, 0.4) is 0 Å². The van der Waals surface area contributed by atoms with Gasteiger partial charge in [-0.15, -0.1) is 0 Å². The first-order chi connectivity index (χ1) is 9.85. The smallest absolute Gasteiger partial charge is 0.305 e. The highest BCUT2D eigenvalue weighted by Crippen LogP contribution is 2.22. The number of likely N-dealkylation sites (N-methyl/N-ethyl adjacent to an activating group) is 1. The molecule has 0 heterocycles. The molecule has 0 saturated carbocycles. The van der Waals surface area contributed by atoms with Gasteiger partial charge in [0, 0.05) is 28.7 Å². The van der Waals surface area contributed by atoms with Crippen LogP contribution in [0, 0.1) is 0 Å². The Morgan fingerprint density at radius 1 is 1.38 bits per heavy atom. The molecule has 0 aliphatic rings. The zero-order chi connectivity index (χ0) is 16.0. The van der Waals surface area contributed by atoms with Gasteiger partial charge in [0.15, 0.2) is 0 Å². The molecule has 1 amide bonds. The molecule has 1 aromatic rings. The summed E-state index contributed by atoms with van der Waals surface area (Å²) in [7, 11) is 0. The molecule has 0 aromatic heterocycles. The molecule has 1 atom stereocenters. The second kappa shape index (κ2) is 8.05. The number of benzene rings is 1. The van der Waals surface area contributed by atoms with Gasteiger partial charge in [-0.2, -0.15) is 0 Å². The van der Waals surface area contributed by atoms with Crippen molar-refractivity contribution >= 4 is 41.2 Å². The van der Waals surface area contributed by atoms with Gasteiger partial charge in [-0.25, -0.2) is 0 Å². The van der Waals surface area contributed by atoms with Crippen molar-refractivity contribution in [2.24, 2.45) is 0 Å². The Kier molecular flexibility index (Phi) is 6.72. The summed E-state index contributed by atoms with van der Waals surface area (Å²) in [5, 5.41) is 9.77. The lowest BCUT2D eigenvalue weighted by molar-refractivity contribution is -0.139. The maximum absolute atomic E-state index is 12.1. The molecule has 0 radical (unpaired) electrons. The molecule has 1 unspecified atom stereocenters. The molecule has 21 heavy (non-hydrogen) atoms. The van der Waals surface area contributed by atoms with Gasteiger partial charge in [-0.1, -0.05) is 29.3 Å². The predicted molar refractivity (Wildman–Crippen MR) is 84.6 cm³/mol. The number of amides is 1. The molecule has 0 saturated heterocycles. The molecule has 0 bridgehead atoms. The molecule has 6 heteroatoms. The van der Waals surface area contributed by atoms with E-state index in [2.05, 4.69) is 0 Å². The third-order valence-electron chi connectivity index (χ3n) is 2.99. The lowest BCUT2D eigenvalue weighted by atomic mass is 10.1. The van der Waals surface area contributed by atoms with E-state index in [1.807, 2.05) is 0 Å². The van der Waals surface area contributed by atoms with Crippen LogP contribution in [-0.4, -0.2) is 34.5 Å². The van der Waals surface area contributed by atoms with Crippen molar-refractivity contribution in [3.05, 3.63) is 39.9 Å². The van der Waals surface area contributed by atoms with E-state index >= 15 is 0 Å². The second-order valence-corrected chi connectivity index (χ2v) is 5.41. The van der Waals surface area contributed by atoms with Crippen molar-refractivity contribution < 1.29 is 14.7 Å². The van der Waals surface area contributed by atoms with Gasteiger partial charge in [0.25, 0.3) is 0 Å². The van der Waals surface area contributed by atoms with E-state index in [4.69, 9.17) is 28.3 Å². The van der Waals surface area contributed by atoms with Crippen molar-refractivity contribution in [1.29, 1.82) is 0 Å². The summed E-state index contributed by atoms with van der Waals surface area (Å²) in [5.41, 5.74) is 0.677. The minimum atomic E-state index is -0.932. The predicted octanol–water partition coefficient (Wildman–Crippen LogP) is 3.72. The summed E-state index contributed by atoms with van der Waals surface area (Å²) in [4.78, 5) is 24.3. The maximum atomic E-state index is 12.1. The van der Waals surface area contributed by atoms with E-state index in [9.17, 15) is 9.59 Å². The SMILES string of the molecule is CCN(C(=O)C=Cc1ccc(Cl)cc1Cl)C(C)CC(=O)O. The number of hydrogen-bond donors (Lipinski definition) is 1. The standard InChI is InChI=1S/C15H17Cl2NO3/c1-3-18(10(2)8-15(20)21)14(19)7-5-11-4-6-12(16)9-13(11)17/h4-7,9-10H,3,8H2,1-2H3,(H,20,21). The first-order valence-corrected chi connectivity index (χ1v) is 7.26. The van der Waals surface area contributed by atoms with E-state index in [0.29, 0.717) is 22.2 Å². The summed E-state index contributed by atoms with van der Waals surface area (Å²) in [6.45, 7) is 3.95. The Bertz CT molecular complexity index is 558. The molecule has 0 spiro atoms. The maximum Gasteiger partial charge on any atom is 0.305 e. The summed E-state index contributed by atoms with van der Waals surface area (Å²) in [6.07, 6.45) is 2.89. The van der Waals surface area contributed by atoms with Crippen LogP contribution in [-0.2, 0) is 9.59 Å². The number of carbonyl (C=O) groups excluding carboxylic acids is 1. The fraction of sp³-hybridized carbons (Fsp3) is 0.333. The normalized spacial score (nSPS) is 12.4. The molecule has 1 rings (SSSR count). The molecule has 1 aromatic carbocycles. The lowest BCUT2D eigenvalue weighted by Gasteiger charge is -2.25. The van der Waals surface area contributed by atoms with Crippen LogP contribution in [0.4, 0.5) is 0 Å². The third kappa shape index (κ3) is 5.40. The van der Waals surface area contributed by atoms with E-state index in [1.54, 1.807) is 38.1 Å². The fourth-order valence-electron chi connectivity index (χ4n) is 1.94. The topological polar surface area (TPSA) is 57.6 Å². The number of aliphatic carboxylic acids is 1. The average Bonchev–Trinajstić information content (AvgIpc) is 2.37. The number of carboxylic acids is 1. The van der Waals surface area contributed by atoms with Crippen molar-refractivity contribution in [3.63, 3.8) is 0 Å². The van der Waals surface area contributed by atoms with Crippen molar-refractivity contribution in [2.45, 2.75) is 26.3 Å². The Morgan fingerprint density at radius 2 is 2.05 bits per heavy atom. The minimum absolute atomic E-state index is 0.0882. The Balaban J connectivity index is 2.82. The quantitative estimate of drug-likeness (QED) is 0.809. The van der Waals surface area contributed by atoms with Crippen LogP contribution in [0.15, 0.2) is 24.3 Å². The molecule has 1 N–H and O–H groups in total. The monoisotopic (exact) mass is 329 g/mol. The summed E-state index contributed by atoms with van der Waals surface area (Å²) in [5.74, 6) is -1.18. The Labute approximate surface area is 134 Å². The zero-order valence-corrected chi connectivity index (χ0v) is 13.4. The largest absolute Gasteiger partial charge is 0.481 e. The third-order valence-corrected chi connectivity index (χ3v) is 3.56. The fourth-order valence-corrected chi connectivity index (χ4v) is 2.41. The van der Waals surface area contributed by atoms with Gasteiger partial charge in [-0.3, -0.25) is 9.59 Å². The van der Waals surface area contributed by atoms with Crippen LogP contribution >= 0.6 is 23.2 Å². The van der Waals surface area contributed by atoms with Gasteiger partial charge in [-0.05, 0) is 37.6 Å². The van der Waals surface area contributed by atoms with E-state index in [1.165, 1.54) is 11.0 Å². The van der Waals surface area contributed by atoms with E-state index < -0.39 is 5.97 Å². The number of nitrogens with zero attached hydrogens (tertiary/aromatic N) is 1. The molecule has 114 valence electrons. The summed E-state index contributed by atoms with van der Waals surface area (Å²) >= 11 is 11.8. The first-order valence-electron chi connectivity index (χ1n) is 6.50. The van der Waals surface area contributed by atoms with Crippen molar-refractivity contribution in [1.82, 2.24) is 4.90 Å². The molecule has 0 aliphatic heterocycles. The van der Waals surface area contributed by atoms with Crippen LogP contribution < -0.4 is 0 Å². The highest BCUT2D eigenvalue weighted by molar-refractivity contribution is 6.35. The number of rotatable bonds is 6. The van der Waals surface area contributed by atoms with E-state index in [-0.39, 0.29) is 18.4 Å². The van der Waals surface area contributed by atoms with Gasteiger partial charge in [0.2, 0.25) is 5.91 Å². The number of carboxylic acid groups (broad SMARTS) is 1. The molecular weight excluding hydrogens is 313 g/mol. The van der Waals surface area contributed by atoms with Crippen molar-refractivity contribution in [3.8, 4) is 0 Å². The van der Waals surface area contributed by atoms with Gasteiger partial charge in [0.05, 0.1) is 6.42 Å². The first kappa shape index (κ1) is 17.5. The van der Waals surface area contributed by atoms with E-state index in [0.717, 1.165) is 0 Å². The van der Waals surface area contributed by atoms with Gasteiger partial charge >= 0.3 is 5.97 Å². The Hall–Kier alpha value is -1.52. The summed E-state index contributed by atoms with van der Waals surface area (Å²) in [6, 6.07) is 4.62. The number of halogens is 2. The van der Waals surface area contributed by atoms with Crippen LogP contribution in [0.25, 0.3) is 6.08 Å². The lowest BCUT2D eigenvalue weighted by Crippen LogP contribution is -2.38. The Morgan fingerprint density at radius 3 is 2.57 bits per heavy atom. The number of hydrogen-bond acceptors (Lipinski definition) is 2. The minimum Gasteiger partial charge on any atom is -0.481 e. The summed E-state index contributed by atoms with van der Waals surface area (Å²) < 4.78 is 0. The van der Waals surface area contributed by atoms with Crippen LogP contribution in [0.1, 0.15) is 25.8 Å². The molecule has 0 aliphatic carbocycles. The molecule has 0 fully saturated rings. The number of carbonyl (C=O) groups is 2. The van der Waals surface area contributed by atoms with Gasteiger partial charge in [0.1, 0.15) is 0 Å². The molecular formula is C15H17Cl2NO3. The van der Waals surface area contributed by atoms with Gasteiger partial charge < -0.3 is 10.0 Å². The second-order valence-electron chi connectivity index (χ2n) is 4.57. The molecule has 4 nitrogen and oxygen atoms in total. The highest BCUT2D eigenvalue weighted by atomic mass is 35.5. The average molecular weight is 330 g/mol.